The van der Waals surface area contributed by atoms with E-state index in [2.05, 4.69) is 12.1 Å². The first-order valence-electron chi connectivity index (χ1n) is 6.64. The SMILES string of the molecule is CC(C)(C)OC(=O)N(CCN)CCc1ccccc1. The van der Waals surface area contributed by atoms with Gasteiger partial charge in [0.1, 0.15) is 5.60 Å². The molecule has 0 aromatic heterocycles. The number of ether oxygens (including phenoxy) is 1. The van der Waals surface area contributed by atoms with Gasteiger partial charge in [0.25, 0.3) is 0 Å². The molecule has 0 radical (unpaired) electrons. The van der Waals surface area contributed by atoms with E-state index in [1.165, 1.54) is 5.56 Å². The van der Waals surface area contributed by atoms with E-state index in [0.717, 1.165) is 6.42 Å². The molecule has 0 saturated heterocycles. The van der Waals surface area contributed by atoms with Gasteiger partial charge < -0.3 is 15.4 Å². The molecule has 1 rings (SSSR count). The maximum absolute atomic E-state index is 12.0. The van der Waals surface area contributed by atoms with Crippen molar-refractivity contribution in [1.29, 1.82) is 0 Å². The second-order valence-electron chi connectivity index (χ2n) is 5.49. The van der Waals surface area contributed by atoms with Crippen LogP contribution in [0.4, 0.5) is 4.79 Å². The third-order valence-corrected chi connectivity index (χ3v) is 2.56. The van der Waals surface area contributed by atoms with Gasteiger partial charge in [-0.2, -0.15) is 0 Å². The summed E-state index contributed by atoms with van der Waals surface area (Å²) >= 11 is 0. The number of amides is 1. The Labute approximate surface area is 115 Å². The molecule has 0 atom stereocenters. The van der Waals surface area contributed by atoms with E-state index in [1.807, 2.05) is 39.0 Å². The van der Waals surface area contributed by atoms with Gasteiger partial charge >= 0.3 is 6.09 Å². The van der Waals surface area contributed by atoms with Crippen LogP contribution in [0.15, 0.2) is 30.3 Å². The minimum atomic E-state index is -0.476. The lowest BCUT2D eigenvalue weighted by molar-refractivity contribution is 0.0257. The van der Waals surface area contributed by atoms with Crippen molar-refractivity contribution in [3.05, 3.63) is 35.9 Å². The molecule has 106 valence electrons. The Hall–Kier alpha value is -1.55. The van der Waals surface area contributed by atoms with Crippen LogP contribution in [0.3, 0.4) is 0 Å². The van der Waals surface area contributed by atoms with Crippen LogP contribution in [-0.4, -0.2) is 36.2 Å². The number of benzene rings is 1. The summed E-state index contributed by atoms with van der Waals surface area (Å²) in [6, 6.07) is 10.1. The average Bonchev–Trinajstić information content (AvgIpc) is 2.33. The fourth-order valence-corrected chi connectivity index (χ4v) is 1.69. The van der Waals surface area contributed by atoms with Gasteiger partial charge in [-0.1, -0.05) is 30.3 Å². The highest BCUT2D eigenvalue weighted by atomic mass is 16.6. The van der Waals surface area contributed by atoms with E-state index in [-0.39, 0.29) is 6.09 Å². The van der Waals surface area contributed by atoms with Crippen molar-refractivity contribution >= 4 is 6.09 Å². The predicted molar refractivity (Wildman–Crippen MR) is 77.0 cm³/mol. The second-order valence-corrected chi connectivity index (χ2v) is 5.49. The third kappa shape index (κ3) is 6.25. The molecule has 0 spiro atoms. The first-order valence-corrected chi connectivity index (χ1v) is 6.64. The van der Waals surface area contributed by atoms with Crippen molar-refractivity contribution in [2.45, 2.75) is 32.8 Å². The van der Waals surface area contributed by atoms with E-state index in [9.17, 15) is 4.79 Å². The molecule has 1 aromatic rings. The highest BCUT2D eigenvalue weighted by Gasteiger charge is 2.21. The summed E-state index contributed by atoms with van der Waals surface area (Å²) in [6.45, 7) is 7.17. The van der Waals surface area contributed by atoms with Gasteiger partial charge in [-0.15, -0.1) is 0 Å². The number of hydrogen-bond donors (Lipinski definition) is 1. The van der Waals surface area contributed by atoms with E-state index in [4.69, 9.17) is 10.5 Å². The lowest BCUT2D eigenvalue weighted by Gasteiger charge is -2.27. The van der Waals surface area contributed by atoms with Crippen LogP contribution in [-0.2, 0) is 11.2 Å². The topological polar surface area (TPSA) is 55.6 Å². The van der Waals surface area contributed by atoms with Crippen LogP contribution < -0.4 is 5.73 Å². The average molecular weight is 264 g/mol. The minimum Gasteiger partial charge on any atom is -0.444 e. The quantitative estimate of drug-likeness (QED) is 0.888. The smallest absolute Gasteiger partial charge is 0.410 e. The molecule has 4 nitrogen and oxygen atoms in total. The fourth-order valence-electron chi connectivity index (χ4n) is 1.69. The number of carbonyl (C=O) groups is 1. The normalized spacial score (nSPS) is 11.2. The summed E-state index contributed by atoms with van der Waals surface area (Å²) in [5, 5.41) is 0. The van der Waals surface area contributed by atoms with Crippen molar-refractivity contribution in [3.63, 3.8) is 0 Å². The van der Waals surface area contributed by atoms with Crippen molar-refractivity contribution in [2.24, 2.45) is 5.73 Å². The first kappa shape index (κ1) is 15.5. The summed E-state index contributed by atoms with van der Waals surface area (Å²) < 4.78 is 5.37. The van der Waals surface area contributed by atoms with Crippen molar-refractivity contribution in [3.8, 4) is 0 Å². The number of rotatable bonds is 5. The van der Waals surface area contributed by atoms with Gasteiger partial charge in [0.2, 0.25) is 0 Å². The van der Waals surface area contributed by atoms with Gasteiger partial charge in [0.05, 0.1) is 0 Å². The molecule has 0 aliphatic carbocycles. The highest BCUT2D eigenvalue weighted by molar-refractivity contribution is 5.68. The molecule has 2 N–H and O–H groups in total. The van der Waals surface area contributed by atoms with Crippen LogP contribution >= 0.6 is 0 Å². The summed E-state index contributed by atoms with van der Waals surface area (Å²) in [4.78, 5) is 13.7. The molecule has 0 fully saturated rings. The Kier molecular flexibility index (Phi) is 5.83. The van der Waals surface area contributed by atoms with E-state index in [0.29, 0.717) is 19.6 Å². The van der Waals surface area contributed by atoms with E-state index < -0.39 is 5.60 Å². The maximum Gasteiger partial charge on any atom is 0.410 e. The third-order valence-electron chi connectivity index (χ3n) is 2.56. The molecule has 1 amide bonds. The van der Waals surface area contributed by atoms with Gasteiger partial charge in [0.15, 0.2) is 0 Å². The molecule has 19 heavy (non-hydrogen) atoms. The zero-order valence-corrected chi connectivity index (χ0v) is 12.1. The molecule has 0 unspecified atom stereocenters. The zero-order valence-electron chi connectivity index (χ0n) is 12.1. The Bertz CT molecular complexity index is 385. The summed E-state index contributed by atoms with van der Waals surface area (Å²) in [5.74, 6) is 0. The first-order chi connectivity index (χ1) is 8.92. The van der Waals surface area contributed by atoms with Crippen molar-refractivity contribution < 1.29 is 9.53 Å². The fraction of sp³-hybridized carbons (Fsp3) is 0.533. The van der Waals surface area contributed by atoms with Gasteiger partial charge in [-0.3, -0.25) is 0 Å². The van der Waals surface area contributed by atoms with E-state index >= 15 is 0 Å². The van der Waals surface area contributed by atoms with Crippen molar-refractivity contribution in [1.82, 2.24) is 4.90 Å². The molecule has 4 heteroatoms. The molecule has 0 aliphatic rings. The zero-order chi connectivity index (χ0) is 14.3. The minimum absolute atomic E-state index is 0.297. The summed E-state index contributed by atoms with van der Waals surface area (Å²) in [6.07, 6.45) is 0.508. The standard InChI is InChI=1S/C15H24N2O2/c1-15(2,3)19-14(18)17(12-10-16)11-9-13-7-5-4-6-8-13/h4-8H,9-12,16H2,1-3H3. The summed E-state index contributed by atoms with van der Waals surface area (Å²) in [7, 11) is 0. The van der Waals surface area contributed by atoms with Gasteiger partial charge in [-0.25, -0.2) is 4.79 Å². The molecule has 0 aliphatic heterocycles. The summed E-state index contributed by atoms with van der Waals surface area (Å²) in [5.41, 5.74) is 6.28. The predicted octanol–water partition coefficient (Wildman–Crippen LogP) is 2.42. The Morgan fingerprint density at radius 3 is 2.37 bits per heavy atom. The van der Waals surface area contributed by atoms with Crippen LogP contribution in [0, 0.1) is 0 Å². The number of nitrogens with zero attached hydrogens (tertiary/aromatic N) is 1. The van der Waals surface area contributed by atoms with Gasteiger partial charge in [-0.05, 0) is 32.8 Å². The monoisotopic (exact) mass is 264 g/mol. The molecular formula is C15H24N2O2. The largest absolute Gasteiger partial charge is 0.444 e. The second kappa shape index (κ2) is 7.14. The molecule has 0 bridgehead atoms. The number of carbonyl (C=O) groups excluding carboxylic acids is 1. The van der Waals surface area contributed by atoms with Gasteiger partial charge in [0, 0.05) is 19.6 Å². The van der Waals surface area contributed by atoms with Crippen LogP contribution in [0.25, 0.3) is 0 Å². The lowest BCUT2D eigenvalue weighted by Crippen LogP contribution is -2.40. The van der Waals surface area contributed by atoms with E-state index in [1.54, 1.807) is 4.90 Å². The maximum atomic E-state index is 12.0. The lowest BCUT2D eigenvalue weighted by atomic mass is 10.1. The van der Waals surface area contributed by atoms with Crippen LogP contribution in [0.1, 0.15) is 26.3 Å². The van der Waals surface area contributed by atoms with Crippen LogP contribution in [0.5, 0.6) is 0 Å². The molecule has 1 aromatic carbocycles. The Morgan fingerprint density at radius 1 is 1.21 bits per heavy atom. The number of hydrogen-bond acceptors (Lipinski definition) is 3. The number of nitrogens with two attached hydrogens (primary N) is 1. The molecule has 0 saturated carbocycles. The molecular weight excluding hydrogens is 240 g/mol. The Balaban J connectivity index is 2.55. The molecule has 0 heterocycles. The van der Waals surface area contributed by atoms with Crippen molar-refractivity contribution in [2.75, 3.05) is 19.6 Å². The Morgan fingerprint density at radius 2 is 1.84 bits per heavy atom. The van der Waals surface area contributed by atoms with Crippen LogP contribution in [0.2, 0.25) is 0 Å². The highest BCUT2D eigenvalue weighted by Crippen LogP contribution is 2.10.